The second-order valence-electron chi connectivity index (χ2n) is 9.57. The maximum Gasteiger partial charge on any atom is 0.374 e. The summed E-state index contributed by atoms with van der Waals surface area (Å²) >= 11 is 0. The van der Waals surface area contributed by atoms with Crippen LogP contribution in [0.3, 0.4) is 0 Å². The molecule has 0 atom stereocenters. The van der Waals surface area contributed by atoms with Crippen molar-refractivity contribution in [3.8, 4) is 5.75 Å². The Labute approximate surface area is 171 Å². The summed E-state index contributed by atoms with van der Waals surface area (Å²) in [7, 11) is -4.60. The van der Waals surface area contributed by atoms with E-state index in [4.69, 9.17) is 4.74 Å². The van der Waals surface area contributed by atoms with Gasteiger partial charge in [-0.3, -0.25) is 4.57 Å². The molecule has 2 aromatic heterocycles. The van der Waals surface area contributed by atoms with Gasteiger partial charge in [-0.2, -0.15) is 0 Å². The molecule has 0 bridgehead atoms. The molecule has 0 amide bonds. The van der Waals surface area contributed by atoms with Gasteiger partial charge in [0.05, 0.1) is 0 Å². The van der Waals surface area contributed by atoms with Crippen molar-refractivity contribution in [1.82, 2.24) is 9.97 Å². The van der Waals surface area contributed by atoms with Crippen LogP contribution in [0.5, 0.6) is 5.75 Å². The molecule has 0 saturated carbocycles. The van der Waals surface area contributed by atoms with Gasteiger partial charge >= 0.3 is 13.6 Å². The third-order valence-electron chi connectivity index (χ3n) is 3.79. The maximum atomic E-state index is 12.6. The van der Waals surface area contributed by atoms with Crippen molar-refractivity contribution in [2.75, 3.05) is 0 Å². The molecule has 0 fully saturated rings. The van der Waals surface area contributed by atoms with Crippen LogP contribution >= 0.6 is 7.60 Å². The van der Waals surface area contributed by atoms with Crippen LogP contribution in [0.25, 0.3) is 0 Å². The molecular weight excluding hydrogens is 391 g/mol. The van der Waals surface area contributed by atoms with E-state index in [0.717, 1.165) is 11.8 Å². The molecule has 8 heteroatoms. The van der Waals surface area contributed by atoms with E-state index in [1.807, 2.05) is 26.8 Å². The summed E-state index contributed by atoms with van der Waals surface area (Å²) in [5, 5.41) is 0. The monoisotopic (exact) mass is 420 g/mol. The number of ether oxygens (including phenoxy) is 1. The lowest BCUT2D eigenvalue weighted by molar-refractivity contribution is 0.0728. The van der Waals surface area contributed by atoms with E-state index in [9.17, 15) is 19.1 Å². The summed E-state index contributed by atoms with van der Waals surface area (Å²) in [6.45, 7) is 12.2. The Bertz CT molecular complexity index is 939. The van der Waals surface area contributed by atoms with Crippen molar-refractivity contribution in [3.05, 3.63) is 47.4 Å². The third kappa shape index (κ3) is 7.69. The van der Waals surface area contributed by atoms with Crippen LogP contribution in [-0.2, 0) is 17.4 Å². The van der Waals surface area contributed by atoms with Gasteiger partial charge in [-0.15, -0.1) is 0 Å². The standard InChI is InChI=1S/C21H29N2O5P/c1-20(2,3)12-14-8-7-9-17(22-14)19(24)28-16-10-15(13-21(4,5)6)23-18(11-16)29(25,26)27/h7-11H,12-13H2,1-6H3,(H2,25,26,27). The van der Waals surface area contributed by atoms with Crippen molar-refractivity contribution in [2.24, 2.45) is 10.8 Å². The van der Waals surface area contributed by atoms with Gasteiger partial charge in [0, 0.05) is 23.5 Å². The molecule has 0 saturated heterocycles. The highest BCUT2D eigenvalue weighted by Gasteiger charge is 2.24. The molecule has 0 aliphatic carbocycles. The predicted molar refractivity (Wildman–Crippen MR) is 111 cm³/mol. The Morgan fingerprint density at radius 1 is 0.966 bits per heavy atom. The number of rotatable bonds is 5. The van der Waals surface area contributed by atoms with Crippen LogP contribution in [0, 0.1) is 10.8 Å². The molecule has 29 heavy (non-hydrogen) atoms. The minimum absolute atomic E-state index is 0.0147. The van der Waals surface area contributed by atoms with Gasteiger partial charge in [0.25, 0.3) is 0 Å². The molecular formula is C21H29N2O5P. The molecule has 2 rings (SSSR count). The fourth-order valence-corrected chi connectivity index (χ4v) is 3.34. The topological polar surface area (TPSA) is 110 Å². The molecule has 0 aromatic carbocycles. The lowest BCUT2D eigenvalue weighted by atomic mass is 9.90. The Hall–Kier alpha value is -2.08. The van der Waals surface area contributed by atoms with E-state index in [0.29, 0.717) is 18.5 Å². The SMILES string of the molecule is CC(C)(C)Cc1cccc(C(=O)Oc2cc(CC(C)(C)C)nc(P(=O)(O)O)c2)n1. The number of hydrogen-bond acceptors (Lipinski definition) is 5. The normalized spacial score (nSPS) is 12.7. The fourth-order valence-electron chi connectivity index (χ4n) is 2.78. The van der Waals surface area contributed by atoms with E-state index < -0.39 is 19.0 Å². The molecule has 0 aliphatic rings. The van der Waals surface area contributed by atoms with E-state index in [-0.39, 0.29) is 22.3 Å². The summed E-state index contributed by atoms with van der Waals surface area (Å²) in [5.74, 6) is -0.657. The third-order valence-corrected chi connectivity index (χ3v) is 4.61. The van der Waals surface area contributed by atoms with Crippen molar-refractivity contribution in [2.45, 2.75) is 54.4 Å². The summed E-state index contributed by atoms with van der Waals surface area (Å²) in [5.41, 5.74) is 0.780. The van der Waals surface area contributed by atoms with Gasteiger partial charge in [0.15, 0.2) is 5.44 Å². The first-order valence-corrected chi connectivity index (χ1v) is 11.0. The number of esters is 1. The highest BCUT2D eigenvalue weighted by molar-refractivity contribution is 7.60. The molecule has 2 heterocycles. The first kappa shape index (κ1) is 23.2. The van der Waals surface area contributed by atoms with Crippen molar-refractivity contribution in [1.29, 1.82) is 0 Å². The largest absolute Gasteiger partial charge is 0.422 e. The van der Waals surface area contributed by atoms with Crippen LogP contribution in [-0.4, -0.2) is 25.7 Å². The van der Waals surface area contributed by atoms with Gasteiger partial charge in [0.2, 0.25) is 0 Å². The smallest absolute Gasteiger partial charge is 0.374 e. The van der Waals surface area contributed by atoms with Crippen LogP contribution in [0.2, 0.25) is 0 Å². The first-order valence-electron chi connectivity index (χ1n) is 9.38. The Morgan fingerprint density at radius 3 is 2.10 bits per heavy atom. The van der Waals surface area contributed by atoms with E-state index >= 15 is 0 Å². The number of carbonyl (C=O) groups excluding carboxylic acids is 1. The highest BCUT2D eigenvalue weighted by atomic mass is 31.2. The second-order valence-corrected chi connectivity index (χ2v) is 11.1. The molecule has 0 unspecified atom stereocenters. The van der Waals surface area contributed by atoms with Crippen LogP contribution in [0.15, 0.2) is 30.3 Å². The maximum absolute atomic E-state index is 12.6. The van der Waals surface area contributed by atoms with Crippen LogP contribution < -0.4 is 10.2 Å². The fraction of sp³-hybridized carbons (Fsp3) is 0.476. The summed E-state index contributed by atoms with van der Waals surface area (Å²) in [6, 6.07) is 7.77. The zero-order valence-electron chi connectivity index (χ0n) is 17.8. The van der Waals surface area contributed by atoms with Crippen molar-refractivity contribution in [3.63, 3.8) is 0 Å². The van der Waals surface area contributed by atoms with Gasteiger partial charge < -0.3 is 14.5 Å². The Morgan fingerprint density at radius 2 is 1.55 bits per heavy atom. The lowest BCUT2D eigenvalue weighted by Gasteiger charge is -2.19. The number of nitrogens with zero attached hydrogens (tertiary/aromatic N) is 2. The zero-order chi connectivity index (χ0) is 22.0. The average Bonchev–Trinajstić information content (AvgIpc) is 2.50. The highest BCUT2D eigenvalue weighted by Crippen LogP contribution is 2.34. The number of aromatic nitrogens is 2. The van der Waals surface area contributed by atoms with E-state index in [1.165, 1.54) is 6.07 Å². The van der Waals surface area contributed by atoms with E-state index in [1.54, 1.807) is 12.1 Å². The average molecular weight is 420 g/mol. The van der Waals surface area contributed by atoms with Gasteiger partial charge in [0.1, 0.15) is 11.4 Å². The van der Waals surface area contributed by atoms with Crippen LogP contribution in [0.1, 0.15) is 63.4 Å². The number of pyridine rings is 2. The zero-order valence-corrected chi connectivity index (χ0v) is 18.7. The van der Waals surface area contributed by atoms with Gasteiger partial charge in [-0.25, -0.2) is 14.8 Å². The summed E-state index contributed by atoms with van der Waals surface area (Å²) in [6.07, 6.45) is 1.16. The Kier molecular flexibility index (Phi) is 6.68. The first-order chi connectivity index (χ1) is 13.1. The van der Waals surface area contributed by atoms with Crippen molar-refractivity contribution >= 4 is 19.0 Å². The molecule has 158 valence electrons. The molecule has 2 N–H and O–H groups in total. The summed E-state index contributed by atoms with van der Waals surface area (Å²) in [4.78, 5) is 40.1. The van der Waals surface area contributed by atoms with Gasteiger partial charge in [-0.1, -0.05) is 47.6 Å². The molecule has 2 aromatic rings. The molecule has 0 aliphatic heterocycles. The second kappa shape index (κ2) is 8.34. The van der Waals surface area contributed by atoms with E-state index in [2.05, 4.69) is 30.7 Å². The predicted octanol–water partition coefficient (Wildman–Crippen LogP) is 3.68. The molecule has 0 radical (unpaired) electrons. The number of carbonyl (C=O) groups is 1. The molecule has 0 spiro atoms. The minimum Gasteiger partial charge on any atom is -0.422 e. The van der Waals surface area contributed by atoms with Gasteiger partial charge in [-0.05, 0) is 35.8 Å². The minimum atomic E-state index is -4.60. The summed E-state index contributed by atoms with van der Waals surface area (Å²) < 4.78 is 17.1. The number of hydrogen-bond donors (Lipinski definition) is 2. The van der Waals surface area contributed by atoms with Crippen LogP contribution in [0.4, 0.5) is 0 Å². The molecule has 7 nitrogen and oxygen atoms in total. The van der Waals surface area contributed by atoms with Crippen molar-refractivity contribution < 1.29 is 23.9 Å². The quantitative estimate of drug-likeness (QED) is 0.561. The lowest BCUT2D eigenvalue weighted by Crippen LogP contribution is -2.19. The Balaban J connectivity index is 2.33.